The summed E-state index contributed by atoms with van der Waals surface area (Å²) in [6.07, 6.45) is 4.83. The standard InChI is InChI=1S/C27H21BrN4O3/c1-17-22(15-30-32(17)21-10-3-2-4-11-21)25(33)23-24(19-8-5-9-20(28)13-19)31(27(35)26(23)34)16-18-7-6-12-29-14-18/h2-15,24,33H,16H2,1H3/b25-23+. The fraction of sp³-hybridized carbons (Fsp3) is 0.111. The molecule has 0 bridgehead atoms. The van der Waals surface area contributed by atoms with E-state index in [-0.39, 0.29) is 17.9 Å². The van der Waals surface area contributed by atoms with Crippen LogP contribution in [0, 0.1) is 6.92 Å². The third kappa shape index (κ3) is 4.17. The molecule has 3 heterocycles. The number of aliphatic hydroxyl groups is 1. The minimum atomic E-state index is -0.771. The van der Waals surface area contributed by atoms with Gasteiger partial charge >= 0.3 is 0 Å². The summed E-state index contributed by atoms with van der Waals surface area (Å²) in [4.78, 5) is 32.1. The quantitative estimate of drug-likeness (QED) is 0.224. The number of nitrogens with zero attached hydrogens (tertiary/aromatic N) is 4. The molecule has 1 fully saturated rings. The highest BCUT2D eigenvalue weighted by atomic mass is 79.9. The van der Waals surface area contributed by atoms with Gasteiger partial charge < -0.3 is 10.0 Å². The summed E-state index contributed by atoms with van der Waals surface area (Å²) >= 11 is 3.48. The van der Waals surface area contributed by atoms with Crippen molar-refractivity contribution in [1.29, 1.82) is 0 Å². The van der Waals surface area contributed by atoms with Crippen LogP contribution in [0.25, 0.3) is 11.4 Å². The number of carbonyl (C=O) groups excluding carboxylic acids is 2. The summed E-state index contributed by atoms with van der Waals surface area (Å²) in [5, 5.41) is 15.9. The molecule has 0 saturated carbocycles. The first-order chi connectivity index (χ1) is 17.0. The van der Waals surface area contributed by atoms with Gasteiger partial charge in [0.25, 0.3) is 11.7 Å². The van der Waals surface area contributed by atoms with Crippen molar-refractivity contribution in [2.24, 2.45) is 0 Å². The van der Waals surface area contributed by atoms with E-state index in [0.29, 0.717) is 16.8 Å². The number of hydrogen-bond acceptors (Lipinski definition) is 5. The van der Waals surface area contributed by atoms with Gasteiger partial charge in [-0.05, 0) is 48.4 Å². The second-order valence-electron chi connectivity index (χ2n) is 8.23. The summed E-state index contributed by atoms with van der Waals surface area (Å²) in [5.41, 5.74) is 3.39. The Balaban J connectivity index is 1.65. The average Bonchev–Trinajstić information content (AvgIpc) is 3.37. The van der Waals surface area contributed by atoms with Crippen molar-refractivity contribution in [2.75, 3.05) is 0 Å². The lowest BCUT2D eigenvalue weighted by Crippen LogP contribution is -2.29. The van der Waals surface area contributed by atoms with Crippen molar-refractivity contribution >= 4 is 33.4 Å². The minimum absolute atomic E-state index is 0.0349. The smallest absolute Gasteiger partial charge is 0.295 e. The van der Waals surface area contributed by atoms with Gasteiger partial charge in [0.1, 0.15) is 5.76 Å². The Morgan fingerprint density at radius 1 is 1.03 bits per heavy atom. The summed E-state index contributed by atoms with van der Waals surface area (Å²) in [5.74, 6) is -1.65. The van der Waals surface area contributed by atoms with Gasteiger partial charge in [0, 0.05) is 23.4 Å². The predicted octanol–water partition coefficient (Wildman–Crippen LogP) is 4.96. The van der Waals surface area contributed by atoms with Gasteiger partial charge in [-0.1, -0.05) is 52.3 Å². The van der Waals surface area contributed by atoms with Crippen LogP contribution in [0.2, 0.25) is 0 Å². The lowest BCUT2D eigenvalue weighted by molar-refractivity contribution is -0.140. The van der Waals surface area contributed by atoms with Crippen LogP contribution in [0.15, 0.2) is 95.4 Å². The molecule has 0 spiro atoms. The highest BCUT2D eigenvalue weighted by Crippen LogP contribution is 2.41. The molecule has 1 atom stereocenters. The van der Waals surface area contributed by atoms with Crippen LogP contribution < -0.4 is 0 Å². The molecule has 0 radical (unpaired) electrons. The maximum Gasteiger partial charge on any atom is 0.295 e. The van der Waals surface area contributed by atoms with Crippen molar-refractivity contribution in [1.82, 2.24) is 19.7 Å². The number of ketones is 1. The molecule has 4 aromatic rings. The first kappa shape index (κ1) is 22.7. The van der Waals surface area contributed by atoms with Crippen molar-refractivity contribution in [3.8, 4) is 5.69 Å². The molecular formula is C27H21BrN4O3. The minimum Gasteiger partial charge on any atom is -0.507 e. The van der Waals surface area contributed by atoms with Crippen molar-refractivity contribution in [3.05, 3.63) is 118 Å². The Morgan fingerprint density at radius 2 is 1.83 bits per heavy atom. The Hall–Kier alpha value is -4.04. The number of halogens is 1. The zero-order valence-corrected chi connectivity index (χ0v) is 20.4. The fourth-order valence-electron chi connectivity index (χ4n) is 4.37. The van der Waals surface area contributed by atoms with E-state index >= 15 is 0 Å². The van der Waals surface area contributed by atoms with E-state index in [2.05, 4.69) is 26.0 Å². The summed E-state index contributed by atoms with van der Waals surface area (Å²) in [7, 11) is 0. The number of Topliss-reactive ketones (excluding diaryl/α,β-unsaturated/α-hetero) is 1. The predicted molar refractivity (Wildman–Crippen MR) is 135 cm³/mol. The molecule has 1 saturated heterocycles. The van der Waals surface area contributed by atoms with E-state index < -0.39 is 17.7 Å². The molecule has 5 rings (SSSR count). The molecule has 35 heavy (non-hydrogen) atoms. The van der Waals surface area contributed by atoms with E-state index in [4.69, 9.17) is 0 Å². The second kappa shape index (κ2) is 9.31. The number of likely N-dealkylation sites (tertiary alicyclic amines) is 1. The van der Waals surface area contributed by atoms with E-state index in [9.17, 15) is 14.7 Å². The Bertz CT molecular complexity index is 1450. The first-order valence-electron chi connectivity index (χ1n) is 11.0. The van der Waals surface area contributed by atoms with Crippen LogP contribution in [-0.4, -0.2) is 36.5 Å². The molecule has 1 aliphatic heterocycles. The zero-order valence-electron chi connectivity index (χ0n) is 18.8. The number of aromatic nitrogens is 3. The van der Waals surface area contributed by atoms with E-state index in [0.717, 1.165) is 15.7 Å². The number of pyridine rings is 1. The van der Waals surface area contributed by atoms with Crippen LogP contribution in [0.3, 0.4) is 0 Å². The first-order valence-corrected chi connectivity index (χ1v) is 11.8. The third-order valence-corrected chi connectivity index (χ3v) is 6.54. The van der Waals surface area contributed by atoms with Gasteiger partial charge in [-0.2, -0.15) is 5.10 Å². The van der Waals surface area contributed by atoms with Crippen molar-refractivity contribution in [2.45, 2.75) is 19.5 Å². The van der Waals surface area contributed by atoms with Gasteiger partial charge in [-0.25, -0.2) is 4.68 Å². The van der Waals surface area contributed by atoms with E-state index in [1.165, 1.54) is 11.1 Å². The van der Waals surface area contributed by atoms with Gasteiger partial charge in [0.2, 0.25) is 0 Å². The normalized spacial score (nSPS) is 17.2. The number of hydrogen-bond donors (Lipinski definition) is 1. The third-order valence-electron chi connectivity index (χ3n) is 6.05. The van der Waals surface area contributed by atoms with E-state index in [1.807, 2.05) is 67.6 Å². The summed E-state index contributed by atoms with van der Waals surface area (Å²) in [6, 6.07) is 19.7. The molecule has 1 N–H and O–H groups in total. The highest BCUT2D eigenvalue weighted by Gasteiger charge is 2.46. The topological polar surface area (TPSA) is 88.3 Å². The molecular weight excluding hydrogens is 508 g/mol. The van der Waals surface area contributed by atoms with Gasteiger partial charge in [0.15, 0.2) is 0 Å². The van der Waals surface area contributed by atoms with Gasteiger partial charge in [0.05, 0.1) is 34.8 Å². The number of benzene rings is 2. The molecule has 174 valence electrons. The highest BCUT2D eigenvalue weighted by molar-refractivity contribution is 9.10. The summed E-state index contributed by atoms with van der Waals surface area (Å²) in [6.45, 7) is 1.99. The van der Waals surface area contributed by atoms with Crippen LogP contribution >= 0.6 is 15.9 Å². The summed E-state index contributed by atoms with van der Waals surface area (Å²) < 4.78 is 2.49. The largest absolute Gasteiger partial charge is 0.507 e. The SMILES string of the molecule is Cc1c(/C(O)=C2\C(=O)C(=O)N(Cc3cccnc3)C2c2cccc(Br)c2)cnn1-c1ccccc1. The number of amides is 1. The average molecular weight is 529 g/mol. The Morgan fingerprint density at radius 3 is 2.54 bits per heavy atom. The van der Waals surface area contributed by atoms with Crippen molar-refractivity contribution in [3.63, 3.8) is 0 Å². The van der Waals surface area contributed by atoms with Gasteiger partial charge in [-0.3, -0.25) is 14.6 Å². The molecule has 2 aromatic heterocycles. The maximum absolute atomic E-state index is 13.3. The molecule has 1 aliphatic rings. The fourth-order valence-corrected chi connectivity index (χ4v) is 4.79. The molecule has 2 aromatic carbocycles. The van der Waals surface area contributed by atoms with E-state index in [1.54, 1.807) is 23.1 Å². The zero-order chi connectivity index (χ0) is 24.5. The number of carbonyl (C=O) groups is 2. The maximum atomic E-state index is 13.3. The monoisotopic (exact) mass is 528 g/mol. The molecule has 7 nitrogen and oxygen atoms in total. The van der Waals surface area contributed by atoms with Gasteiger partial charge in [-0.15, -0.1) is 0 Å². The molecule has 8 heteroatoms. The van der Waals surface area contributed by atoms with Crippen LogP contribution in [0.5, 0.6) is 0 Å². The number of para-hydroxylation sites is 1. The Labute approximate surface area is 210 Å². The van der Waals surface area contributed by atoms with Crippen LogP contribution in [-0.2, 0) is 16.1 Å². The molecule has 1 unspecified atom stereocenters. The van der Waals surface area contributed by atoms with Crippen LogP contribution in [0.4, 0.5) is 0 Å². The molecule has 1 amide bonds. The number of aliphatic hydroxyl groups excluding tert-OH is 1. The molecule has 0 aliphatic carbocycles. The Kier molecular flexibility index (Phi) is 6.05. The number of rotatable bonds is 5. The second-order valence-corrected chi connectivity index (χ2v) is 9.15. The van der Waals surface area contributed by atoms with Crippen molar-refractivity contribution < 1.29 is 14.7 Å². The van der Waals surface area contributed by atoms with Crippen LogP contribution in [0.1, 0.15) is 28.4 Å². The lowest BCUT2D eigenvalue weighted by atomic mass is 9.95. The lowest BCUT2D eigenvalue weighted by Gasteiger charge is -2.25.